The number of carbonyl (C=O) groups excluding carboxylic acids is 2. The van der Waals surface area contributed by atoms with Crippen molar-refractivity contribution in [2.75, 3.05) is 0 Å². The molecule has 1 aliphatic heterocycles. The zero-order valence-electron chi connectivity index (χ0n) is 14.9. The smallest absolute Gasteiger partial charge is 0.306 e. The molecule has 2 saturated carbocycles. The lowest BCUT2D eigenvalue weighted by atomic mass is 9.76. The number of esters is 1. The van der Waals surface area contributed by atoms with Gasteiger partial charge in [0, 0.05) is 24.3 Å². The first-order chi connectivity index (χ1) is 13.7. The summed E-state index contributed by atoms with van der Waals surface area (Å²) in [5.74, 6) is 0.0817. The van der Waals surface area contributed by atoms with Gasteiger partial charge in [0.25, 0.3) is 11.6 Å². The Hall–Kier alpha value is -2.74. The Labute approximate surface area is 164 Å². The molecule has 3 aromatic rings. The number of thiophene rings is 1. The van der Waals surface area contributed by atoms with Crippen molar-refractivity contribution < 1.29 is 18.8 Å². The summed E-state index contributed by atoms with van der Waals surface area (Å²) in [6.07, 6.45) is 3.12. The Morgan fingerprint density at radius 1 is 1.32 bits per heavy atom. The molecule has 1 saturated heterocycles. The molecule has 0 radical (unpaired) electrons. The molecule has 2 aliphatic carbocycles. The number of ether oxygens (including phenoxy) is 1. The molecule has 0 spiro atoms. The molecule has 8 heteroatoms. The SMILES string of the molecule is O=C1C[C@H]2[C@H](NC(=O)c3cc(-c4cccs4)nc4onc(C5CC5)c34)C[C@H]2O1. The molecule has 3 fully saturated rings. The molecule has 0 bridgehead atoms. The number of aromatic nitrogens is 2. The van der Waals surface area contributed by atoms with Gasteiger partial charge in [-0.15, -0.1) is 11.3 Å². The van der Waals surface area contributed by atoms with Crippen LogP contribution in [0.25, 0.3) is 21.7 Å². The molecule has 0 aromatic carbocycles. The van der Waals surface area contributed by atoms with Gasteiger partial charge >= 0.3 is 5.97 Å². The molecular weight excluding hydrogens is 378 g/mol. The number of carbonyl (C=O) groups is 2. The van der Waals surface area contributed by atoms with Crippen LogP contribution >= 0.6 is 11.3 Å². The van der Waals surface area contributed by atoms with Gasteiger partial charge in [0.1, 0.15) is 6.10 Å². The highest BCUT2D eigenvalue weighted by Gasteiger charge is 2.50. The van der Waals surface area contributed by atoms with Gasteiger partial charge in [-0.1, -0.05) is 11.2 Å². The fraction of sp³-hybridized carbons (Fsp3) is 0.400. The minimum atomic E-state index is -0.173. The first kappa shape index (κ1) is 16.2. The van der Waals surface area contributed by atoms with Crippen molar-refractivity contribution >= 4 is 34.3 Å². The summed E-state index contributed by atoms with van der Waals surface area (Å²) in [5.41, 5.74) is 2.49. The highest BCUT2D eigenvalue weighted by molar-refractivity contribution is 7.13. The number of nitrogens with zero attached hydrogens (tertiary/aromatic N) is 2. The van der Waals surface area contributed by atoms with E-state index >= 15 is 0 Å². The van der Waals surface area contributed by atoms with E-state index in [0.29, 0.717) is 35.7 Å². The second-order valence-corrected chi connectivity index (χ2v) is 8.71. The van der Waals surface area contributed by atoms with Crippen LogP contribution in [0.4, 0.5) is 0 Å². The summed E-state index contributed by atoms with van der Waals surface area (Å²) in [5, 5.41) is 10.0. The lowest BCUT2D eigenvalue weighted by Gasteiger charge is -2.38. The third-order valence-corrected chi connectivity index (χ3v) is 6.83. The molecule has 1 N–H and O–H groups in total. The Bertz CT molecular complexity index is 1100. The van der Waals surface area contributed by atoms with Gasteiger partial charge < -0.3 is 14.6 Å². The largest absolute Gasteiger partial charge is 0.462 e. The predicted molar refractivity (Wildman–Crippen MR) is 101 cm³/mol. The lowest BCUT2D eigenvalue weighted by molar-refractivity contribution is -0.143. The topological polar surface area (TPSA) is 94.3 Å². The molecule has 7 nitrogen and oxygen atoms in total. The second-order valence-electron chi connectivity index (χ2n) is 7.77. The van der Waals surface area contributed by atoms with Crippen LogP contribution in [0.3, 0.4) is 0 Å². The van der Waals surface area contributed by atoms with Crippen molar-refractivity contribution in [1.82, 2.24) is 15.5 Å². The van der Waals surface area contributed by atoms with Crippen LogP contribution in [-0.4, -0.2) is 34.2 Å². The summed E-state index contributed by atoms with van der Waals surface area (Å²) in [6, 6.07) is 5.71. The quantitative estimate of drug-likeness (QED) is 0.682. The highest BCUT2D eigenvalue weighted by Crippen LogP contribution is 2.44. The van der Waals surface area contributed by atoms with Gasteiger partial charge in [-0.2, -0.15) is 0 Å². The van der Waals surface area contributed by atoms with Crippen LogP contribution in [0, 0.1) is 5.92 Å². The first-order valence-corrected chi connectivity index (χ1v) is 10.4. The van der Waals surface area contributed by atoms with Gasteiger partial charge in [-0.05, 0) is 30.4 Å². The normalized spacial score (nSPS) is 26.0. The predicted octanol–water partition coefficient (Wildman–Crippen LogP) is 3.26. The number of hydrogen-bond acceptors (Lipinski definition) is 7. The van der Waals surface area contributed by atoms with E-state index in [1.54, 1.807) is 11.3 Å². The van der Waals surface area contributed by atoms with Crippen LogP contribution in [0.1, 0.15) is 47.7 Å². The first-order valence-electron chi connectivity index (χ1n) is 9.52. The molecule has 1 amide bonds. The molecule has 3 aliphatic rings. The molecule has 3 aromatic heterocycles. The van der Waals surface area contributed by atoms with Crippen LogP contribution in [0.2, 0.25) is 0 Å². The van der Waals surface area contributed by atoms with Gasteiger partial charge in [-0.25, -0.2) is 4.98 Å². The summed E-state index contributed by atoms with van der Waals surface area (Å²) >= 11 is 1.56. The van der Waals surface area contributed by atoms with Crippen LogP contribution < -0.4 is 5.32 Å². The standard InChI is InChI=1S/C20H17N3O4S/c24-16-7-10-12(8-14(10)26-16)21-19(25)11-6-13(15-2-1-5-28-15)22-20-17(11)18(23-27-20)9-3-4-9/h1-2,5-6,9-10,12,14H,3-4,7-8H2,(H,21,25)/t10-,12+,14+/m0/s1. The number of fused-ring (bicyclic) bond motifs is 2. The summed E-state index contributed by atoms with van der Waals surface area (Å²) in [6.45, 7) is 0. The van der Waals surface area contributed by atoms with Gasteiger partial charge in [0.2, 0.25) is 0 Å². The van der Waals surface area contributed by atoms with E-state index in [1.165, 1.54) is 0 Å². The van der Waals surface area contributed by atoms with Gasteiger partial charge in [0.05, 0.1) is 33.6 Å². The third kappa shape index (κ3) is 2.47. The monoisotopic (exact) mass is 395 g/mol. The number of nitrogens with one attached hydrogen (secondary N) is 1. The Kier molecular flexibility index (Phi) is 3.41. The molecule has 0 unspecified atom stereocenters. The van der Waals surface area contributed by atoms with Crippen LogP contribution in [0.5, 0.6) is 0 Å². The zero-order chi connectivity index (χ0) is 18.8. The number of rotatable bonds is 4. The molecule has 6 rings (SSSR count). The fourth-order valence-electron chi connectivity index (χ4n) is 4.23. The maximum Gasteiger partial charge on any atom is 0.306 e. The van der Waals surface area contributed by atoms with E-state index < -0.39 is 0 Å². The van der Waals surface area contributed by atoms with Crippen molar-refractivity contribution in [3.05, 3.63) is 34.8 Å². The van der Waals surface area contributed by atoms with Crippen LogP contribution in [0.15, 0.2) is 28.1 Å². The van der Waals surface area contributed by atoms with Crippen LogP contribution in [-0.2, 0) is 9.53 Å². The average Bonchev–Trinajstić information content (AvgIpc) is 3.10. The molecule has 4 heterocycles. The van der Waals surface area contributed by atoms with E-state index in [4.69, 9.17) is 9.26 Å². The minimum absolute atomic E-state index is 0.0402. The summed E-state index contributed by atoms with van der Waals surface area (Å²) < 4.78 is 10.7. The maximum atomic E-state index is 13.2. The maximum absolute atomic E-state index is 13.2. The van der Waals surface area contributed by atoms with E-state index in [1.807, 2.05) is 23.6 Å². The highest BCUT2D eigenvalue weighted by atomic mass is 32.1. The van der Waals surface area contributed by atoms with Gasteiger partial charge in [-0.3, -0.25) is 9.59 Å². The summed E-state index contributed by atoms with van der Waals surface area (Å²) in [4.78, 5) is 30.3. The minimum Gasteiger partial charge on any atom is -0.462 e. The molecule has 28 heavy (non-hydrogen) atoms. The average molecular weight is 395 g/mol. The van der Waals surface area contributed by atoms with E-state index in [-0.39, 0.29) is 29.9 Å². The lowest BCUT2D eigenvalue weighted by Crippen LogP contribution is -2.53. The number of pyridine rings is 1. The number of amides is 1. The Morgan fingerprint density at radius 2 is 2.21 bits per heavy atom. The summed E-state index contributed by atoms with van der Waals surface area (Å²) in [7, 11) is 0. The molecule has 142 valence electrons. The van der Waals surface area contributed by atoms with Crippen molar-refractivity contribution in [3.8, 4) is 10.6 Å². The van der Waals surface area contributed by atoms with Crippen molar-refractivity contribution in [1.29, 1.82) is 0 Å². The Balaban J connectivity index is 1.39. The van der Waals surface area contributed by atoms with E-state index in [2.05, 4.69) is 15.5 Å². The molecule has 3 atom stereocenters. The van der Waals surface area contributed by atoms with E-state index in [0.717, 1.165) is 28.8 Å². The zero-order valence-corrected chi connectivity index (χ0v) is 15.7. The number of hydrogen-bond donors (Lipinski definition) is 1. The Morgan fingerprint density at radius 3 is 2.96 bits per heavy atom. The second kappa shape index (κ2) is 5.88. The van der Waals surface area contributed by atoms with Crippen molar-refractivity contribution in [3.63, 3.8) is 0 Å². The third-order valence-electron chi connectivity index (χ3n) is 5.94. The van der Waals surface area contributed by atoms with Crippen molar-refractivity contribution in [2.45, 2.75) is 43.7 Å². The molecular formula is C20H17N3O4S. The van der Waals surface area contributed by atoms with Crippen molar-refractivity contribution in [2.24, 2.45) is 5.92 Å². The van der Waals surface area contributed by atoms with E-state index in [9.17, 15) is 9.59 Å². The fourth-order valence-corrected chi connectivity index (χ4v) is 4.92. The van der Waals surface area contributed by atoms with Gasteiger partial charge in [0.15, 0.2) is 0 Å².